The van der Waals surface area contributed by atoms with E-state index in [-0.39, 0.29) is 12.5 Å². The van der Waals surface area contributed by atoms with Gasteiger partial charge in [-0.2, -0.15) is 0 Å². The normalized spacial score (nSPS) is 22.7. The number of morpholine rings is 1. The monoisotopic (exact) mass is 280 g/mol. The van der Waals surface area contributed by atoms with Crippen molar-refractivity contribution in [2.24, 2.45) is 0 Å². The Morgan fingerprint density at radius 3 is 2.85 bits per heavy atom. The zero-order valence-electron chi connectivity index (χ0n) is 11.3. The second-order valence-electron chi connectivity index (χ2n) is 4.33. The van der Waals surface area contributed by atoms with Crippen molar-refractivity contribution < 1.29 is 24.2 Å². The number of pyridine rings is 1. The van der Waals surface area contributed by atoms with Gasteiger partial charge in [-0.1, -0.05) is 0 Å². The van der Waals surface area contributed by atoms with Crippen LogP contribution in [0.3, 0.4) is 0 Å². The Morgan fingerprint density at radius 2 is 2.35 bits per heavy atom. The first-order valence-corrected chi connectivity index (χ1v) is 6.22. The van der Waals surface area contributed by atoms with Crippen LogP contribution in [-0.2, 0) is 14.3 Å². The number of carboxylic acid groups (broad SMARTS) is 1. The molecule has 2 unspecified atom stereocenters. The largest absolute Gasteiger partial charge is 0.481 e. The molecule has 1 aromatic heterocycles. The number of aromatic nitrogens is 1. The minimum absolute atomic E-state index is 0.217. The number of nitrogens with zero attached hydrogens (tertiary/aromatic N) is 2. The van der Waals surface area contributed by atoms with Crippen LogP contribution in [0.5, 0.6) is 5.88 Å². The lowest BCUT2D eigenvalue weighted by molar-refractivity contribution is -0.172. The number of rotatable bonds is 4. The molecule has 7 nitrogen and oxygen atoms in total. The van der Waals surface area contributed by atoms with Crippen LogP contribution >= 0.6 is 0 Å². The van der Waals surface area contributed by atoms with Gasteiger partial charge in [0, 0.05) is 18.8 Å². The molecule has 2 rings (SSSR count). The standard InChI is InChI=1S/C13H16N2O5/c1-3-15-10(16)7-20-12(13(17)18)11(15)8-4-5-9(19-2)14-6-8/h4-6,11-12H,3,7H2,1-2H3,(H,17,18). The van der Waals surface area contributed by atoms with Gasteiger partial charge < -0.3 is 19.5 Å². The molecule has 1 N–H and O–H groups in total. The van der Waals surface area contributed by atoms with Gasteiger partial charge in [0.25, 0.3) is 0 Å². The molecule has 0 spiro atoms. The lowest BCUT2D eigenvalue weighted by Gasteiger charge is -2.38. The molecule has 2 atom stereocenters. The first kappa shape index (κ1) is 14.3. The molecule has 0 aromatic carbocycles. The summed E-state index contributed by atoms with van der Waals surface area (Å²) in [6.07, 6.45) is 0.409. The average Bonchev–Trinajstić information content (AvgIpc) is 2.46. The van der Waals surface area contributed by atoms with E-state index in [4.69, 9.17) is 9.47 Å². The molecule has 20 heavy (non-hydrogen) atoms. The number of ether oxygens (including phenoxy) is 2. The fourth-order valence-electron chi connectivity index (χ4n) is 2.28. The van der Waals surface area contributed by atoms with E-state index >= 15 is 0 Å². The predicted octanol–water partition coefficient (Wildman–Crippen LogP) is 0.463. The van der Waals surface area contributed by atoms with E-state index in [1.807, 2.05) is 0 Å². The molecular formula is C13H16N2O5. The Kier molecular flexibility index (Phi) is 4.19. The zero-order chi connectivity index (χ0) is 14.7. The maximum atomic E-state index is 11.9. The summed E-state index contributed by atoms with van der Waals surface area (Å²) in [7, 11) is 1.49. The highest BCUT2D eigenvalue weighted by molar-refractivity contribution is 5.82. The lowest BCUT2D eigenvalue weighted by atomic mass is 9.99. The summed E-state index contributed by atoms with van der Waals surface area (Å²) in [5, 5.41) is 9.26. The quantitative estimate of drug-likeness (QED) is 0.862. The number of carbonyl (C=O) groups is 2. The second-order valence-corrected chi connectivity index (χ2v) is 4.33. The van der Waals surface area contributed by atoms with Gasteiger partial charge >= 0.3 is 5.97 Å². The molecule has 108 valence electrons. The third-order valence-corrected chi connectivity index (χ3v) is 3.22. The van der Waals surface area contributed by atoms with Crippen LogP contribution in [0.25, 0.3) is 0 Å². The number of aliphatic carboxylic acids is 1. The minimum atomic E-state index is -1.10. The summed E-state index contributed by atoms with van der Waals surface area (Å²) < 4.78 is 10.1. The first-order valence-electron chi connectivity index (χ1n) is 6.22. The van der Waals surface area contributed by atoms with E-state index in [1.165, 1.54) is 18.2 Å². The molecule has 0 saturated carbocycles. The summed E-state index contributed by atoms with van der Waals surface area (Å²) in [6.45, 7) is 1.99. The summed E-state index contributed by atoms with van der Waals surface area (Å²) in [6, 6.07) is 2.63. The van der Waals surface area contributed by atoms with Gasteiger partial charge in [-0.15, -0.1) is 0 Å². The number of methoxy groups -OCH3 is 1. The van der Waals surface area contributed by atoms with Crippen molar-refractivity contribution in [3.05, 3.63) is 23.9 Å². The van der Waals surface area contributed by atoms with Gasteiger partial charge in [-0.05, 0) is 18.6 Å². The van der Waals surface area contributed by atoms with E-state index in [1.54, 1.807) is 19.1 Å². The molecule has 1 aliphatic heterocycles. The van der Waals surface area contributed by atoms with Gasteiger partial charge in [0.1, 0.15) is 6.61 Å². The fourth-order valence-corrected chi connectivity index (χ4v) is 2.28. The van der Waals surface area contributed by atoms with E-state index < -0.39 is 18.1 Å². The van der Waals surface area contributed by atoms with Crippen LogP contribution in [-0.4, -0.2) is 53.2 Å². The maximum absolute atomic E-state index is 11.9. The second kappa shape index (κ2) is 5.87. The van der Waals surface area contributed by atoms with Crippen molar-refractivity contribution in [1.82, 2.24) is 9.88 Å². The molecule has 7 heteroatoms. The molecule has 1 aliphatic rings. The van der Waals surface area contributed by atoms with E-state index in [0.717, 1.165) is 0 Å². The van der Waals surface area contributed by atoms with Crippen molar-refractivity contribution in [3.63, 3.8) is 0 Å². The number of carbonyl (C=O) groups excluding carboxylic acids is 1. The highest BCUT2D eigenvalue weighted by Crippen LogP contribution is 2.30. The van der Waals surface area contributed by atoms with Gasteiger partial charge in [-0.3, -0.25) is 4.79 Å². The molecule has 2 heterocycles. The molecule has 0 aliphatic carbocycles. The third-order valence-electron chi connectivity index (χ3n) is 3.22. The summed E-state index contributed by atoms with van der Waals surface area (Å²) >= 11 is 0. The summed E-state index contributed by atoms with van der Waals surface area (Å²) in [4.78, 5) is 28.7. The van der Waals surface area contributed by atoms with Crippen molar-refractivity contribution in [2.45, 2.75) is 19.1 Å². The lowest BCUT2D eigenvalue weighted by Crippen LogP contribution is -2.51. The number of likely N-dealkylation sites (N-methyl/N-ethyl adjacent to an activating group) is 1. The Morgan fingerprint density at radius 1 is 1.60 bits per heavy atom. The Hall–Kier alpha value is -2.15. The average molecular weight is 280 g/mol. The molecule has 1 fully saturated rings. The smallest absolute Gasteiger partial charge is 0.335 e. The topological polar surface area (TPSA) is 89.0 Å². The molecule has 0 radical (unpaired) electrons. The van der Waals surface area contributed by atoms with Crippen molar-refractivity contribution in [2.75, 3.05) is 20.3 Å². The van der Waals surface area contributed by atoms with Crippen LogP contribution in [0.1, 0.15) is 18.5 Å². The Balaban J connectivity index is 2.38. The third kappa shape index (κ3) is 2.57. The van der Waals surface area contributed by atoms with Gasteiger partial charge in [0.2, 0.25) is 11.8 Å². The minimum Gasteiger partial charge on any atom is -0.481 e. The number of amides is 1. The molecular weight excluding hydrogens is 264 g/mol. The van der Waals surface area contributed by atoms with Crippen molar-refractivity contribution >= 4 is 11.9 Å². The zero-order valence-corrected chi connectivity index (χ0v) is 11.3. The van der Waals surface area contributed by atoms with Crippen molar-refractivity contribution in [3.8, 4) is 5.88 Å². The molecule has 1 amide bonds. The first-order chi connectivity index (χ1) is 9.58. The predicted molar refractivity (Wildman–Crippen MR) is 68.3 cm³/mol. The number of hydrogen-bond donors (Lipinski definition) is 1. The van der Waals surface area contributed by atoms with E-state index in [9.17, 15) is 14.7 Å². The summed E-state index contributed by atoms with van der Waals surface area (Å²) in [5.74, 6) is -0.908. The van der Waals surface area contributed by atoms with Crippen molar-refractivity contribution in [1.29, 1.82) is 0 Å². The van der Waals surface area contributed by atoms with Gasteiger partial charge in [0.15, 0.2) is 6.10 Å². The molecule has 1 aromatic rings. The number of carboxylic acids is 1. The van der Waals surface area contributed by atoms with Gasteiger partial charge in [0.05, 0.1) is 13.2 Å². The SMILES string of the molecule is CCN1C(=O)COC(C(=O)O)C1c1ccc(OC)nc1. The fraction of sp³-hybridized carbons (Fsp3) is 0.462. The van der Waals surface area contributed by atoms with Crippen LogP contribution in [0.2, 0.25) is 0 Å². The highest BCUT2D eigenvalue weighted by atomic mass is 16.5. The van der Waals surface area contributed by atoms with Crippen LogP contribution in [0, 0.1) is 0 Å². The van der Waals surface area contributed by atoms with Crippen LogP contribution < -0.4 is 4.74 Å². The van der Waals surface area contributed by atoms with Crippen LogP contribution in [0.4, 0.5) is 0 Å². The van der Waals surface area contributed by atoms with Crippen LogP contribution in [0.15, 0.2) is 18.3 Å². The Bertz CT molecular complexity index is 500. The Labute approximate surface area is 116 Å². The van der Waals surface area contributed by atoms with Gasteiger partial charge in [-0.25, -0.2) is 9.78 Å². The molecule has 0 bridgehead atoms. The van der Waals surface area contributed by atoms with E-state index in [2.05, 4.69) is 4.98 Å². The van der Waals surface area contributed by atoms with E-state index in [0.29, 0.717) is 18.0 Å². The summed E-state index contributed by atoms with van der Waals surface area (Å²) in [5.41, 5.74) is 0.605. The number of hydrogen-bond acceptors (Lipinski definition) is 5. The highest BCUT2D eigenvalue weighted by Gasteiger charge is 2.41. The maximum Gasteiger partial charge on any atom is 0.335 e. The molecule has 1 saturated heterocycles.